The Bertz CT molecular complexity index is 1240. The molecule has 0 radical (unpaired) electrons. The molecule has 35 heavy (non-hydrogen) atoms. The molecule has 0 unspecified atom stereocenters. The topological polar surface area (TPSA) is 78.9 Å². The van der Waals surface area contributed by atoms with Gasteiger partial charge in [0, 0.05) is 17.6 Å². The van der Waals surface area contributed by atoms with Crippen LogP contribution in [0.4, 0.5) is 0 Å². The van der Waals surface area contributed by atoms with E-state index in [9.17, 15) is 14.4 Å². The minimum absolute atomic E-state index is 0.205. The van der Waals surface area contributed by atoms with E-state index in [2.05, 4.69) is 13.2 Å². The molecule has 0 amide bonds. The standard InChI is InChI=1S/C29H26O6/c1-19(2)28(31)34-25-12-5-21(6-13-25)7-18-27(30)33-24-14-8-22(9-15-24)23-10-16-26(17-11-23)35-29(32)20(3)4/h5-6,8-17H,1,3,7,18H2,2,4H3. The van der Waals surface area contributed by atoms with Crippen LogP contribution < -0.4 is 14.2 Å². The van der Waals surface area contributed by atoms with Crippen LogP contribution in [0.15, 0.2) is 97.1 Å². The van der Waals surface area contributed by atoms with E-state index in [0.29, 0.717) is 34.8 Å². The lowest BCUT2D eigenvalue weighted by atomic mass is 10.1. The van der Waals surface area contributed by atoms with E-state index in [0.717, 1.165) is 16.7 Å². The molecule has 0 aliphatic heterocycles. The Labute approximate surface area is 204 Å². The zero-order valence-corrected chi connectivity index (χ0v) is 19.7. The van der Waals surface area contributed by atoms with Crippen molar-refractivity contribution in [1.29, 1.82) is 0 Å². The summed E-state index contributed by atoms with van der Waals surface area (Å²) in [5.41, 5.74) is 3.43. The van der Waals surface area contributed by atoms with Crippen LogP contribution in [0.1, 0.15) is 25.8 Å². The third-order valence-electron chi connectivity index (χ3n) is 4.93. The number of benzene rings is 3. The Kier molecular flexibility index (Phi) is 8.35. The van der Waals surface area contributed by atoms with Gasteiger partial charge in [-0.1, -0.05) is 49.6 Å². The highest BCUT2D eigenvalue weighted by Gasteiger charge is 2.09. The molecule has 0 N–H and O–H groups in total. The number of rotatable bonds is 9. The van der Waals surface area contributed by atoms with Gasteiger partial charge in [0.25, 0.3) is 0 Å². The van der Waals surface area contributed by atoms with Crippen LogP contribution in [0.2, 0.25) is 0 Å². The van der Waals surface area contributed by atoms with Gasteiger partial charge in [-0.25, -0.2) is 9.59 Å². The van der Waals surface area contributed by atoms with E-state index in [1.54, 1.807) is 62.4 Å². The molecular weight excluding hydrogens is 444 g/mol. The van der Waals surface area contributed by atoms with Gasteiger partial charge in [0.1, 0.15) is 17.2 Å². The second-order valence-corrected chi connectivity index (χ2v) is 8.01. The summed E-state index contributed by atoms with van der Waals surface area (Å²) >= 11 is 0. The number of aryl methyl sites for hydroxylation is 1. The van der Waals surface area contributed by atoms with Gasteiger partial charge in [-0.3, -0.25) is 4.79 Å². The van der Waals surface area contributed by atoms with E-state index < -0.39 is 11.9 Å². The fourth-order valence-electron chi connectivity index (χ4n) is 2.97. The van der Waals surface area contributed by atoms with Crippen molar-refractivity contribution in [2.24, 2.45) is 0 Å². The van der Waals surface area contributed by atoms with Crippen LogP contribution in [-0.4, -0.2) is 17.9 Å². The van der Waals surface area contributed by atoms with E-state index >= 15 is 0 Å². The quantitative estimate of drug-likeness (QED) is 0.222. The monoisotopic (exact) mass is 470 g/mol. The molecule has 0 fully saturated rings. The van der Waals surface area contributed by atoms with Crippen molar-refractivity contribution in [3.63, 3.8) is 0 Å². The fourth-order valence-corrected chi connectivity index (χ4v) is 2.97. The zero-order chi connectivity index (χ0) is 25.4. The van der Waals surface area contributed by atoms with Crippen LogP contribution in [0, 0.1) is 0 Å². The number of carbonyl (C=O) groups excluding carboxylic acids is 3. The Morgan fingerprint density at radius 2 is 0.971 bits per heavy atom. The molecule has 3 rings (SSSR count). The average molecular weight is 471 g/mol. The number of hydrogen-bond donors (Lipinski definition) is 0. The summed E-state index contributed by atoms with van der Waals surface area (Å²) in [6.45, 7) is 10.3. The molecule has 0 saturated heterocycles. The predicted molar refractivity (Wildman–Crippen MR) is 133 cm³/mol. The second-order valence-electron chi connectivity index (χ2n) is 8.01. The van der Waals surface area contributed by atoms with Crippen LogP contribution >= 0.6 is 0 Å². The first kappa shape index (κ1) is 25.2. The van der Waals surface area contributed by atoms with E-state index in [1.807, 2.05) is 24.3 Å². The molecule has 3 aromatic rings. The maximum absolute atomic E-state index is 12.3. The van der Waals surface area contributed by atoms with Gasteiger partial charge in [0.15, 0.2) is 0 Å². The van der Waals surface area contributed by atoms with Gasteiger partial charge in [-0.15, -0.1) is 0 Å². The van der Waals surface area contributed by atoms with Gasteiger partial charge < -0.3 is 14.2 Å². The third kappa shape index (κ3) is 7.54. The second kappa shape index (κ2) is 11.6. The molecule has 6 nitrogen and oxygen atoms in total. The van der Waals surface area contributed by atoms with Gasteiger partial charge in [0.2, 0.25) is 0 Å². The molecule has 0 spiro atoms. The average Bonchev–Trinajstić information content (AvgIpc) is 2.84. The molecule has 0 aromatic heterocycles. The van der Waals surface area contributed by atoms with Crippen LogP contribution in [0.3, 0.4) is 0 Å². The van der Waals surface area contributed by atoms with Gasteiger partial charge >= 0.3 is 17.9 Å². The summed E-state index contributed by atoms with van der Waals surface area (Å²) in [5, 5.41) is 0. The highest BCUT2D eigenvalue weighted by molar-refractivity contribution is 5.89. The lowest BCUT2D eigenvalue weighted by Crippen LogP contribution is -2.09. The molecule has 6 heteroatoms. The predicted octanol–water partition coefficient (Wildman–Crippen LogP) is 5.85. The maximum atomic E-state index is 12.3. The summed E-state index contributed by atoms with van der Waals surface area (Å²) in [6, 6.07) is 21.2. The number of carbonyl (C=O) groups is 3. The van der Waals surface area contributed by atoms with E-state index in [-0.39, 0.29) is 12.4 Å². The third-order valence-corrected chi connectivity index (χ3v) is 4.93. The van der Waals surface area contributed by atoms with Crippen molar-refractivity contribution in [3.05, 3.63) is 103 Å². The molecule has 0 atom stereocenters. The number of ether oxygens (including phenoxy) is 3. The smallest absolute Gasteiger partial charge is 0.338 e. The summed E-state index contributed by atoms with van der Waals surface area (Å²) in [4.78, 5) is 35.4. The van der Waals surface area contributed by atoms with E-state index in [4.69, 9.17) is 14.2 Å². The normalized spacial score (nSPS) is 10.2. The Balaban J connectivity index is 1.50. The lowest BCUT2D eigenvalue weighted by molar-refractivity contribution is -0.134. The Morgan fingerprint density at radius 1 is 0.600 bits per heavy atom. The number of hydrogen-bond acceptors (Lipinski definition) is 6. The molecule has 0 saturated carbocycles. The van der Waals surface area contributed by atoms with Crippen LogP contribution in [0.25, 0.3) is 11.1 Å². The highest BCUT2D eigenvalue weighted by Crippen LogP contribution is 2.25. The van der Waals surface area contributed by atoms with Crippen molar-refractivity contribution < 1.29 is 28.6 Å². The van der Waals surface area contributed by atoms with Gasteiger partial charge in [-0.05, 0) is 73.4 Å². The molecule has 178 valence electrons. The van der Waals surface area contributed by atoms with E-state index in [1.165, 1.54) is 0 Å². The fraction of sp³-hybridized carbons (Fsp3) is 0.138. The number of esters is 3. The first-order chi connectivity index (χ1) is 16.7. The summed E-state index contributed by atoms with van der Waals surface area (Å²) in [7, 11) is 0. The molecule has 3 aromatic carbocycles. The van der Waals surface area contributed by atoms with Crippen molar-refractivity contribution in [2.75, 3.05) is 0 Å². The lowest BCUT2D eigenvalue weighted by Gasteiger charge is -2.08. The molecule has 0 heterocycles. The molecule has 0 aliphatic carbocycles. The minimum Gasteiger partial charge on any atom is -0.427 e. The minimum atomic E-state index is -0.478. The molecule has 0 bridgehead atoms. The van der Waals surface area contributed by atoms with Gasteiger partial charge in [-0.2, -0.15) is 0 Å². The SMILES string of the molecule is C=C(C)C(=O)Oc1ccc(CCC(=O)Oc2ccc(-c3ccc(OC(=O)C(=C)C)cc3)cc2)cc1. The molecular formula is C29H26O6. The Hall–Kier alpha value is -4.45. The summed E-state index contributed by atoms with van der Waals surface area (Å²) < 4.78 is 15.8. The van der Waals surface area contributed by atoms with Crippen molar-refractivity contribution in [3.8, 4) is 28.4 Å². The summed E-state index contributed by atoms with van der Waals surface area (Å²) in [6.07, 6.45) is 0.699. The summed E-state index contributed by atoms with van der Waals surface area (Å²) in [5.74, 6) is 0.0206. The first-order valence-corrected chi connectivity index (χ1v) is 11.0. The Morgan fingerprint density at radius 3 is 1.37 bits per heavy atom. The van der Waals surface area contributed by atoms with Gasteiger partial charge in [0.05, 0.1) is 0 Å². The van der Waals surface area contributed by atoms with Crippen molar-refractivity contribution >= 4 is 17.9 Å². The highest BCUT2D eigenvalue weighted by atomic mass is 16.5. The maximum Gasteiger partial charge on any atom is 0.338 e. The van der Waals surface area contributed by atoms with Crippen LogP contribution in [-0.2, 0) is 20.8 Å². The first-order valence-electron chi connectivity index (χ1n) is 11.0. The molecule has 0 aliphatic rings. The van der Waals surface area contributed by atoms with Crippen LogP contribution in [0.5, 0.6) is 17.2 Å². The zero-order valence-electron chi connectivity index (χ0n) is 19.7. The van der Waals surface area contributed by atoms with Crippen molar-refractivity contribution in [1.82, 2.24) is 0 Å². The van der Waals surface area contributed by atoms with Crippen molar-refractivity contribution in [2.45, 2.75) is 26.7 Å². The largest absolute Gasteiger partial charge is 0.427 e.